The van der Waals surface area contributed by atoms with E-state index in [0.29, 0.717) is 0 Å². The summed E-state index contributed by atoms with van der Waals surface area (Å²) in [7, 11) is 2.15. The SMILES string of the molecule is Cc1ccc(C2=CCCN2C)cc1. The van der Waals surface area contributed by atoms with E-state index in [2.05, 4.69) is 49.2 Å². The lowest BCUT2D eigenvalue weighted by Crippen LogP contribution is -2.11. The Morgan fingerprint density at radius 2 is 1.85 bits per heavy atom. The van der Waals surface area contributed by atoms with Crippen molar-refractivity contribution in [3.8, 4) is 0 Å². The van der Waals surface area contributed by atoms with E-state index in [4.69, 9.17) is 0 Å². The first-order valence-corrected chi connectivity index (χ1v) is 4.76. The molecule has 0 unspecified atom stereocenters. The van der Waals surface area contributed by atoms with Gasteiger partial charge < -0.3 is 4.90 Å². The van der Waals surface area contributed by atoms with Gasteiger partial charge in [-0.05, 0) is 18.9 Å². The molecule has 0 fully saturated rings. The maximum absolute atomic E-state index is 2.31. The number of nitrogens with zero attached hydrogens (tertiary/aromatic N) is 1. The van der Waals surface area contributed by atoms with Gasteiger partial charge in [-0.15, -0.1) is 0 Å². The topological polar surface area (TPSA) is 3.24 Å². The molecule has 0 bridgehead atoms. The number of hydrogen-bond donors (Lipinski definition) is 0. The molecule has 0 atom stereocenters. The molecule has 0 radical (unpaired) electrons. The highest BCUT2D eigenvalue weighted by Crippen LogP contribution is 2.23. The van der Waals surface area contributed by atoms with Crippen LogP contribution >= 0.6 is 0 Å². The Balaban J connectivity index is 2.30. The predicted molar refractivity (Wildman–Crippen MR) is 56.4 cm³/mol. The fourth-order valence-corrected chi connectivity index (χ4v) is 1.73. The van der Waals surface area contributed by atoms with Crippen molar-refractivity contribution >= 4 is 5.70 Å². The normalized spacial score (nSPS) is 16.2. The molecule has 0 saturated carbocycles. The third-order valence-corrected chi connectivity index (χ3v) is 2.56. The molecule has 1 aliphatic rings. The molecule has 0 aliphatic carbocycles. The summed E-state index contributed by atoms with van der Waals surface area (Å²) in [5, 5.41) is 0. The van der Waals surface area contributed by atoms with Gasteiger partial charge in [0.15, 0.2) is 0 Å². The summed E-state index contributed by atoms with van der Waals surface area (Å²) in [5.41, 5.74) is 4.04. The molecule has 13 heavy (non-hydrogen) atoms. The molecule has 68 valence electrons. The van der Waals surface area contributed by atoms with Crippen LogP contribution < -0.4 is 0 Å². The van der Waals surface area contributed by atoms with Crippen LogP contribution in [0.25, 0.3) is 5.70 Å². The highest BCUT2D eigenvalue weighted by atomic mass is 15.1. The zero-order valence-corrected chi connectivity index (χ0v) is 8.25. The monoisotopic (exact) mass is 173 g/mol. The number of rotatable bonds is 1. The van der Waals surface area contributed by atoms with Crippen LogP contribution in [0, 0.1) is 6.92 Å². The fourth-order valence-electron chi connectivity index (χ4n) is 1.73. The Kier molecular flexibility index (Phi) is 2.09. The Morgan fingerprint density at radius 1 is 1.15 bits per heavy atom. The van der Waals surface area contributed by atoms with Crippen LogP contribution in [0.15, 0.2) is 30.3 Å². The van der Waals surface area contributed by atoms with Crippen LogP contribution in [0.5, 0.6) is 0 Å². The molecule has 1 aromatic rings. The molecule has 1 nitrogen and oxygen atoms in total. The highest BCUT2D eigenvalue weighted by Gasteiger charge is 2.11. The molecule has 1 heterocycles. The first-order valence-electron chi connectivity index (χ1n) is 4.76. The highest BCUT2D eigenvalue weighted by molar-refractivity contribution is 5.65. The third-order valence-electron chi connectivity index (χ3n) is 2.56. The number of hydrogen-bond acceptors (Lipinski definition) is 1. The summed E-state index contributed by atoms with van der Waals surface area (Å²) in [6, 6.07) is 8.73. The molecule has 0 saturated heterocycles. The molecule has 1 aromatic carbocycles. The largest absolute Gasteiger partial charge is 0.374 e. The van der Waals surface area contributed by atoms with Crippen molar-refractivity contribution in [3.05, 3.63) is 41.5 Å². The van der Waals surface area contributed by atoms with E-state index < -0.39 is 0 Å². The van der Waals surface area contributed by atoms with Gasteiger partial charge in [-0.3, -0.25) is 0 Å². The van der Waals surface area contributed by atoms with Gasteiger partial charge in [0.25, 0.3) is 0 Å². The second kappa shape index (κ2) is 3.25. The summed E-state index contributed by atoms with van der Waals surface area (Å²) in [5.74, 6) is 0. The van der Waals surface area contributed by atoms with E-state index in [0.717, 1.165) is 6.54 Å². The average molecular weight is 173 g/mol. The second-order valence-corrected chi connectivity index (χ2v) is 3.67. The van der Waals surface area contributed by atoms with Crippen molar-refractivity contribution in [2.24, 2.45) is 0 Å². The summed E-state index contributed by atoms with van der Waals surface area (Å²) in [6.45, 7) is 3.28. The lowest BCUT2D eigenvalue weighted by molar-refractivity contribution is 0.517. The minimum absolute atomic E-state index is 1.16. The van der Waals surface area contributed by atoms with E-state index in [1.54, 1.807) is 0 Å². The van der Waals surface area contributed by atoms with Gasteiger partial charge in [-0.2, -0.15) is 0 Å². The van der Waals surface area contributed by atoms with Crippen molar-refractivity contribution in [1.29, 1.82) is 0 Å². The maximum atomic E-state index is 2.31. The van der Waals surface area contributed by atoms with E-state index in [9.17, 15) is 0 Å². The van der Waals surface area contributed by atoms with Crippen LogP contribution in [0.2, 0.25) is 0 Å². The van der Waals surface area contributed by atoms with Crippen molar-refractivity contribution in [2.75, 3.05) is 13.6 Å². The lowest BCUT2D eigenvalue weighted by atomic mass is 10.1. The van der Waals surface area contributed by atoms with Gasteiger partial charge in [0.1, 0.15) is 0 Å². The standard InChI is InChI=1S/C12H15N/c1-10-5-7-11(8-6-10)12-4-3-9-13(12)2/h4-8H,3,9H2,1-2H3. The van der Waals surface area contributed by atoms with Crippen LogP contribution in [0.4, 0.5) is 0 Å². The minimum atomic E-state index is 1.16. The Bertz CT molecular complexity index is 321. The Morgan fingerprint density at radius 3 is 2.38 bits per heavy atom. The van der Waals surface area contributed by atoms with Gasteiger partial charge in [-0.1, -0.05) is 35.9 Å². The predicted octanol–water partition coefficient (Wildman–Crippen LogP) is 2.67. The molecule has 0 spiro atoms. The minimum Gasteiger partial charge on any atom is -0.374 e. The summed E-state index contributed by atoms with van der Waals surface area (Å²) < 4.78 is 0. The first-order chi connectivity index (χ1) is 6.27. The molecule has 0 N–H and O–H groups in total. The van der Waals surface area contributed by atoms with Crippen molar-refractivity contribution in [2.45, 2.75) is 13.3 Å². The number of aryl methyl sites for hydroxylation is 1. The molecule has 0 amide bonds. The van der Waals surface area contributed by atoms with Crippen molar-refractivity contribution in [1.82, 2.24) is 4.90 Å². The third kappa shape index (κ3) is 1.59. The molecule has 1 aliphatic heterocycles. The smallest absolute Gasteiger partial charge is 0.0397 e. The Hall–Kier alpha value is -1.24. The summed E-state index contributed by atoms with van der Waals surface area (Å²) in [6.07, 6.45) is 3.49. The van der Waals surface area contributed by atoms with Gasteiger partial charge >= 0.3 is 0 Å². The lowest BCUT2D eigenvalue weighted by Gasteiger charge is -2.16. The second-order valence-electron chi connectivity index (χ2n) is 3.67. The van der Waals surface area contributed by atoms with Crippen LogP contribution in [0.3, 0.4) is 0 Å². The number of benzene rings is 1. The van der Waals surface area contributed by atoms with Crippen LogP contribution in [-0.2, 0) is 0 Å². The van der Waals surface area contributed by atoms with Crippen molar-refractivity contribution < 1.29 is 0 Å². The maximum Gasteiger partial charge on any atom is 0.0397 e. The van der Waals surface area contributed by atoms with Gasteiger partial charge in [-0.25, -0.2) is 0 Å². The van der Waals surface area contributed by atoms with Gasteiger partial charge in [0.05, 0.1) is 0 Å². The quantitative estimate of drug-likeness (QED) is 0.631. The average Bonchev–Trinajstić information content (AvgIpc) is 2.53. The zero-order chi connectivity index (χ0) is 9.26. The van der Waals surface area contributed by atoms with Crippen LogP contribution in [0.1, 0.15) is 17.5 Å². The molecular formula is C12H15N. The fraction of sp³-hybridized carbons (Fsp3) is 0.333. The molecular weight excluding hydrogens is 158 g/mol. The van der Waals surface area contributed by atoms with E-state index in [1.807, 2.05) is 0 Å². The summed E-state index contributed by atoms with van der Waals surface area (Å²) in [4.78, 5) is 2.31. The first kappa shape index (κ1) is 8.36. The van der Waals surface area contributed by atoms with E-state index >= 15 is 0 Å². The Labute approximate surface area is 79.7 Å². The van der Waals surface area contributed by atoms with Gasteiger partial charge in [0.2, 0.25) is 0 Å². The van der Waals surface area contributed by atoms with Crippen LogP contribution in [-0.4, -0.2) is 18.5 Å². The summed E-state index contributed by atoms with van der Waals surface area (Å²) >= 11 is 0. The molecule has 2 rings (SSSR count). The zero-order valence-electron chi connectivity index (χ0n) is 8.25. The molecule has 0 aromatic heterocycles. The van der Waals surface area contributed by atoms with E-state index in [-0.39, 0.29) is 0 Å². The van der Waals surface area contributed by atoms with Gasteiger partial charge in [0, 0.05) is 19.3 Å². The van der Waals surface area contributed by atoms with Crippen molar-refractivity contribution in [3.63, 3.8) is 0 Å². The van der Waals surface area contributed by atoms with E-state index in [1.165, 1.54) is 23.2 Å². The molecule has 1 heteroatoms.